The molecule has 3 aromatic rings. The molecule has 1 aliphatic heterocycles. The van der Waals surface area contributed by atoms with E-state index in [9.17, 15) is 8.78 Å². The maximum atomic E-state index is 12.8. The maximum Gasteiger partial charge on any atom is 0.387 e. The molecule has 1 aliphatic rings. The highest BCUT2D eigenvalue weighted by Crippen LogP contribution is 2.38. The molecule has 4 rings (SSSR count). The topological polar surface area (TPSA) is 81.9 Å². The summed E-state index contributed by atoms with van der Waals surface area (Å²) in [5.74, 6) is 1.35. The molecule has 2 aromatic carbocycles. The third-order valence-corrected chi connectivity index (χ3v) is 4.54. The van der Waals surface area contributed by atoms with Crippen LogP contribution in [0.1, 0.15) is 11.3 Å². The molecule has 2 heterocycles. The molecule has 0 radical (unpaired) electrons. The molecule has 1 aromatic heterocycles. The van der Waals surface area contributed by atoms with E-state index < -0.39 is 6.61 Å². The Morgan fingerprint density at radius 1 is 1.12 bits per heavy atom. The molecule has 11 heteroatoms. The molecule has 0 bridgehead atoms. The Kier molecular flexibility index (Phi) is 8.09. The lowest BCUT2D eigenvalue weighted by atomic mass is 10.1. The monoisotopic (exact) mass is 557 g/mol. The Labute approximate surface area is 200 Å². The standard InChI is InChI=1S/C21H21F2N5O3.HI/c1-24-21(26-12-15-7-8-28(27-15)16-5-3-2-4-6-16)25-11-14-9-18-19(30-13-29-18)10-17(14)31-20(22)23;/h2-10,20H,11-13H2,1H3,(H2,24,25,26);1H. The van der Waals surface area contributed by atoms with Crippen molar-refractivity contribution in [1.82, 2.24) is 20.4 Å². The first-order valence-corrected chi connectivity index (χ1v) is 9.54. The minimum absolute atomic E-state index is 0. The highest BCUT2D eigenvalue weighted by atomic mass is 127. The van der Waals surface area contributed by atoms with E-state index in [0.29, 0.717) is 29.6 Å². The summed E-state index contributed by atoms with van der Waals surface area (Å²) in [7, 11) is 1.62. The van der Waals surface area contributed by atoms with Gasteiger partial charge in [0, 0.05) is 31.4 Å². The van der Waals surface area contributed by atoms with Crippen molar-refractivity contribution >= 4 is 29.9 Å². The second-order valence-corrected chi connectivity index (χ2v) is 6.56. The molecule has 0 spiro atoms. The van der Waals surface area contributed by atoms with Crippen LogP contribution in [0.5, 0.6) is 17.2 Å². The fourth-order valence-corrected chi connectivity index (χ4v) is 3.06. The summed E-state index contributed by atoms with van der Waals surface area (Å²) in [6.07, 6.45) is 1.88. The van der Waals surface area contributed by atoms with Crippen molar-refractivity contribution in [3.05, 3.63) is 66.0 Å². The van der Waals surface area contributed by atoms with Crippen LogP contribution in [0.4, 0.5) is 8.78 Å². The second kappa shape index (κ2) is 11.0. The Morgan fingerprint density at radius 3 is 2.56 bits per heavy atom. The van der Waals surface area contributed by atoms with E-state index in [-0.39, 0.29) is 43.1 Å². The first kappa shape index (κ1) is 23.6. The number of fused-ring (bicyclic) bond motifs is 1. The summed E-state index contributed by atoms with van der Waals surface area (Å²) < 4.78 is 42.6. The highest BCUT2D eigenvalue weighted by molar-refractivity contribution is 14.0. The van der Waals surface area contributed by atoms with E-state index in [2.05, 4.69) is 25.5 Å². The molecule has 8 nitrogen and oxygen atoms in total. The Hall–Kier alpha value is -3.09. The van der Waals surface area contributed by atoms with Gasteiger partial charge in [0.25, 0.3) is 0 Å². The minimum atomic E-state index is -2.95. The summed E-state index contributed by atoms with van der Waals surface area (Å²) in [4.78, 5) is 4.16. The third kappa shape index (κ3) is 5.78. The zero-order valence-corrected chi connectivity index (χ0v) is 19.5. The van der Waals surface area contributed by atoms with E-state index in [1.807, 2.05) is 42.6 Å². The van der Waals surface area contributed by atoms with Gasteiger partial charge in [-0.05, 0) is 24.3 Å². The van der Waals surface area contributed by atoms with Crippen molar-refractivity contribution in [2.24, 2.45) is 4.99 Å². The number of hydrogen-bond acceptors (Lipinski definition) is 5. The maximum absolute atomic E-state index is 12.8. The smallest absolute Gasteiger partial charge is 0.387 e. The number of aromatic nitrogens is 2. The number of nitrogens with one attached hydrogen (secondary N) is 2. The number of halogens is 3. The highest BCUT2D eigenvalue weighted by Gasteiger charge is 2.20. The van der Waals surface area contributed by atoms with Crippen LogP contribution in [0.3, 0.4) is 0 Å². The molecule has 0 unspecified atom stereocenters. The van der Waals surface area contributed by atoms with Gasteiger partial charge in [-0.3, -0.25) is 4.99 Å². The summed E-state index contributed by atoms with van der Waals surface area (Å²) in [6.45, 7) is -2.28. The van der Waals surface area contributed by atoms with E-state index in [1.165, 1.54) is 6.07 Å². The zero-order valence-electron chi connectivity index (χ0n) is 17.1. The number of nitrogens with zero attached hydrogens (tertiary/aromatic N) is 3. The average molecular weight is 557 g/mol. The molecule has 0 atom stereocenters. The van der Waals surface area contributed by atoms with Crippen LogP contribution in [-0.2, 0) is 13.1 Å². The minimum Gasteiger partial charge on any atom is -0.454 e. The van der Waals surface area contributed by atoms with E-state index in [0.717, 1.165) is 11.4 Å². The average Bonchev–Trinajstić information content (AvgIpc) is 3.43. The first-order chi connectivity index (χ1) is 15.1. The number of benzene rings is 2. The van der Waals surface area contributed by atoms with Crippen molar-refractivity contribution in [2.75, 3.05) is 13.8 Å². The molecule has 0 saturated heterocycles. The molecular formula is C21H22F2IN5O3. The lowest BCUT2D eigenvalue weighted by Gasteiger charge is -2.15. The van der Waals surface area contributed by atoms with Gasteiger partial charge in [0.1, 0.15) is 5.75 Å². The van der Waals surface area contributed by atoms with Crippen LogP contribution in [0.2, 0.25) is 0 Å². The number of para-hydroxylation sites is 1. The van der Waals surface area contributed by atoms with E-state index in [1.54, 1.807) is 17.8 Å². The number of guanidine groups is 1. The van der Waals surface area contributed by atoms with Crippen molar-refractivity contribution < 1.29 is 23.0 Å². The molecule has 0 fully saturated rings. The molecule has 32 heavy (non-hydrogen) atoms. The molecular weight excluding hydrogens is 535 g/mol. The summed E-state index contributed by atoms with van der Waals surface area (Å²) >= 11 is 0. The zero-order chi connectivity index (χ0) is 21.6. The molecule has 0 amide bonds. The van der Waals surface area contributed by atoms with Gasteiger partial charge in [-0.2, -0.15) is 13.9 Å². The van der Waals surface area contributed by atoms with Gasteiger partial charge in [0.05, 0.1) is 17.9 Å². The SMILES string of the molecule is CN=C(NCc1ccn(-c2ccccc2)n1)NCc1cc2c(cc1OC(F)F)OCO2.I. The van der Waals surface area contributed by atoms with Crippen LogP contribution in [-0.4, -0.2) is 36.2 Å². The Bertz CT molecular complexity index is 1060. The predicted octanol–water partition coefficient (Wildman–Crippen LogP) is 3.69. The van der Waals surface area contributed by atoms with Gasteiger partial charge in [-0.25, -0.2) is 4.68 Å². The fourth-order valence-electron chi connectivity index (χ4n) is 3.06. The lowest BCUT2D eigenvalue weighted by Crippen LogP contribution is -2.36. The van der Waals surface area contributed by atoms with Crippen LogP contribution in [0, 0.1) is 0 Å². The Morgan fingerprint density at radius 2 is 1.84 bits per heavy atom. The first-order valence-electron chi connectivity index (χ1n) is 9.54. The summed E-state index contributed by atoms with van der Waals surface area (Å²) in [6, 6.07) is 14.7. The number of alkyl halides is 2. The molecule has 170 valence electrons. The summed E-state index contributed by atoms with van der Waals surface area (Å²) in [5, 5.41) is 10.8. The van der Waals surface area contributed by atoms with Crippen LogP contribution in [0.15, 0.2) is 59.7 Å². The largest absolute Gasteiger partial charge is 0.454 e. The number of rotatable bonds is 7. The predicted molar refractivity (Wildman–Crippen MR) is 125 cm³/mol. The van der Waals surface area contributed by atoms with Gasteiger partial charge in [0.2, 0.25) is 6.79 Å². The van der Waals surface area contributed by atoms with Gasteiger partial charge in [-0.1, -0.05) is 18.2 Å². The lowest BCUT2D eigenvalue weighted by molar-refractivity contribution is -0.0505. The van der Waals surface area contributed by atoms with Crippen LogP contribution >= 0.6 is 24.0 Å². The number of aliphatic imine (C=N–C) groups is 1. The molecule has 0 aliphatic carbocycles. The van der Waals surface area contributed by atoms with Gasteiger partial charge in [0.15, 0.2) is 17.5 Å². The van der Waals surface area contributed by atoms with Crippen molar-refractivity contribution in [1.29, 1.82) is 0 Å². The van der Waals surface area contributed by atoms with Gasteiger partial charge in [-0.15, -0.1) is 24.0 Å². The third-order valence-electron chi connectivity index (χ3n) is 4.54. The Balaban J connectivity index is 0.00000289. The van der Waals surface area contributed by atoms with Gasteiger partial charge < -0.3 is 24.8 Å². The normalized spacial score (nSPS) is 12.4. The number of ether oxygens (including phenoxy) is 3. The summed E-state index contributed by atoms with van der Waals surface area (Å²) in [5.41, 5.74) is 2.27. The quantitative estimate of drug-likeness (QED) is 0.262. The fraction of sp³-hybridized carbons (Fsp3) is 0.238. The van der Waals surface area contributed by atoms with E-state index in [4.69, 9.17) is 9.47 Å². The number of hydrogen-bond donors (Lipinski definition) is 2. The molecule has 0 saturated carbocycles. The molecule has 2 N–H and O–H groups in total. The van der Waals surface area contributed by atoms with Crippen molar-refractivity contribution in [3.63, 3.8) is 0 Å². The van der Waals surface area contributed by atoms with Crippen LogP contribution < -0.4 is 24.8 Å². The second-order valence-electron chi connectivity index (χ2n) is 6.56. The van der Waals surface area contributed by atoms with Gasteiger partial charge >= 0.3 is 6.61 Å². The van der Waals surface area contributed by atoms with E-state index >= 15 is 0 Å². The van der Waals surface area contributed by atoms with Crippen molar-refractivity contribution in [2.45, 2.75) is 19.7 Å². The van der Waals surface area contributed by atoms with Crippen molar-refractivity contribution in [3.8, 4) is 22.9 Å². The van der Waals surface area contributed by atoms with Crippen LogP contribution in [0.25, 0.3) is 5.69 Å².